The van der Waals surface area contributed by atoms with Crippen LogP contribution in [0, 0.1) is 5.82 Å². The van der Waals surface area contributed by atoms with Crippen molar-refractivity contribution in [1.29, 1.82) is 0 Å². The highest BCUT2D eigenvalue weighted by Crippen LogP contribution is 2.17. The molecular weight excluding hydrogens is 247 g/mol. The molecule has 0 spiro atoms. The predicted molar refractivity (Wildman–Crippen MR) is 68.8 cm³/mol. The Kier molecular flexibility index (Phi) is 4.38. The average molecular weight is 262 g/mol. The van der Waals surface area contributed by atoms with Crippen molar-refractivity contribution in [2.75, 3.05) is 7.11 Å². The Balaban J connectivity index is 2.12. The normalized spacial score (nSPS) is 12.2. The van der Waals surface area contributed by atoms with Crippen LogP contribution in [-0.2, 0) is 6.42 Å². The molecule has 3 N–H and O–H groups in total. The highest BCUT2D eigenvalue weighted by molar-refractivity contribution is 5.21. The summed E-state index contributed by atoms with van der Waals surface area (Å²) in [5, 5.41) is 7.94. The molecule has 0 saturated carbocycles. The zero-order valence-corrected chi connectivity index (χ0v) is 10.5. The summed E-state index contributed by atoms with van der Waals surface area (Å²) in [6, 6.07) is 9.60. The molecule has 0 amide bonds. The van der Waals surface area contributed by atoms with E-state index < -0.39 is 0 Å². The Bertz CT molecular complexity index is 515. The number of hydrogen-bond donors (Lipinski definition) is 2. The molecule has 19 heavy (non-hydrogen) atoms. The zero-order chi connectivity index (χ0) is 13.7. The fourth-order valence-corrected chi connectivity index (χ4v) is 1.73. The third kappa shape index (κ3) is 3.46. The average Bonchev–Trinajstić information content (AvgIpc) is 2.47. The molecule has 100 valence electrons. The van der Waals surface area contributed by atoms with E-state index in [0.717, 1.165) is 5.56 Å². The van der Waals surface area contributed by atoms with Crippen molar-refractivity contribution in [1.82, 2.24) is 15.6 Å². The minimum atomic E-state index is -0.259. The van der Waals surface area contributed by atoms with E-state index in [0.29, 0.717) is 18.0 Å². The topological polar surface area (TPSA) is 73.1 Å². The first-order chi connectivity index (χ1) is 9.22. The van der Waals surface area contributed by atoms with E-state index in [4.69, 9.17) is 10.6 Å². The Hall–Kier alpha value is -2.05. The van der Waals surface area contributed by atoms with Gasteiger partial charge in [0.25, 0.3) is 0 Å². The van der Waals surface area contributed by atoms with Gasteiger partial charge in [-0.05, 0) is 30.2 Å². The number of nitrogens with two attached hydrogens (primary N) is 1. The Labute approximate surface area is 110 Å². The summed E-state index contributed by atoms with van der Waals surface area (Å²) in [6.45, 7) is 0. The summed E-state index contributed by atoms with van der Waals surface area (Å²) in [5.41, 5.74) is 4.34. The van der Waals surface area contributed by atoms with E-state index in [1.807, 2.05) is 0 Å². The van der Waals surface area contributed by atoms with Crippen molar-refractivity contribution in [3.63, 3.8) is 0 Å². The van der Waals surface area contributed by atoms with Gasteiger partial charge in [0.05, 0.1) is 18.8 Å². The number of hydrazine groups is 1. The smallest absolute Gasteiger partial charge is 0.233 e. The predicted octanol–water partition coefficient (Wildman–Crippen LogP) is 1.37. The van der Waals surface area contributed by atoms with E-state index in [9.17, 15) is 4.39 Å². The molecule has 0 bridgehead atoms. The lowest BCUT2D eigenvalue weighted by Gasteiger charge is -2.15. The van der Waals surface area contributed by atoms with Crippen LogP contribution in [0.4, 0.5) is 4.39 Å². The molecule has 0 aliphatic rings. The van der Waals surface area contributed by atoms with Gasteiger partial charge in [-0.25, -0.2) is 4.39 Å². The van der Waals surface area contributed by atoms with Gasteiger partial charge in [0.1, 0.15) is 5.82 Å². The summed E-state index contributed by atoms with van der Waals surface area (Å²) in [5.74, 6) is 5.72. The Morgan fingerprint density at radius 3 is 2.47 bits per heavy atom. The number of methoxy groups -OCH3 is 1. The first-order valence-electron chi connectivity index (χ1n) is 5.81. The molecule has 5 nitrogen and oxygen atoms in total. The highest BCUT2D eigenvalue weighted by Gasteiger charge is 2.13. The molecule has 0 aliphatic carbocycles. The molecule has 0 fully saturated rings. The van der Waals surface area contributed by atoms with E-state index in [2.05, 4.69) is 15.6 Å². The number of halogens is 1. The van der Waals surface area contributed by atoms with Crippen molar-refractivity contribution >= 4 is 0 Å². The van der Waals surface area contributed by atoms with Crippen molar-refractivity contribution in [2.24, 2.45) is 5.84 Å². The number of aromatic nitrogens is 2. The number of nitrogens with zero attached hydrogens (tertiary/aromatic N) is 2. The minimum absolute atomic E-state index is 0.191. The SMILES string of the molecule is COc1ccc(C(Cc2ccc(F)cc2)NN)nn1. The molecule has 1 aromatic carbocycles. The van der Waals surface area contributed by atoms with Crippen molar-refractivity contribution < 1.29 is 9.13 Å². The van der Waals surface area contributed by atoms with Gasteiger partial charge in [-0.1, -0.05) is 12.1 Å². The van der Waals surface area contributed by atoms with Crippen molar-refractivity contribution in [3.8, 4) is 5.88 Å². The second-order valence-corrected chi connectivity index (χ2v) is 4.05. The summed E-state index contributed by atoms with van der Waals surface area (Å²) in [7, 11) is 1.53. The third-order valence-electron chi connectivity index (χ3n) is 2.78. The maximum Gasteiger partial charge on any atom is 0.233 e. The minimum Gasteiger partial charge on any atom is -0.480 e. The van der Waals surface area contributed by atoms with Gasteiger partial charge >= 0.3 is 0 Å². The number of ether oxygens (including phenoxy) is 1. The van der Waals surface area contributed by atoms with Gasteiger partial charge in [0.2, 0.25) is 5.88 Å². The lowest BCUT2D eigenvalue weighted by molar-refractivity contribution is 0.389. The van der Waals surface area contributed by atoms with Crippen LogP contribution in [0.15, 0.2) is 36.4 Å². The fourth-order valence-electron chi connectivity index (χ4n) is 1.73. The molecule has 1 aromatic heterocycles. The van der Waals surface area contributed by atoms with Gasteiger partial charge in [-0.15, -0.1) is 5.10 Å². The van der Waals surface area contributed by atoms with E-state index in [1.165, 1.54) is 19.2 Å². The number of rotatable bonds is 5. The summed E-state index contributed by atoms with van der Waals surface area (Å²) in [6.07, 6.45) is 0.595. The van der Waals surface area contributed by atoms with E-state index >= 15 is 0 Å². The first-order valence-corrected chi connectivity index (χ1v) is 5.81. The first kappa shape index (κ1) is 13.4. The van der Waals surface area contributed by atoms with Crippen LogP contribution in [0.5, 0.6) is 5.88 Å². The molecule has 0 aliphatic heterocycles. The van der Waals surface area contributed by atoms with Crippen molar-refractivity contribution in [2.45, 2.75) is 12.5 Å². The van der Waals surface area contributed by atoms with Crippen LogP contribution in [0.25, 0.3) is 0 Å². The van der Waals surface area contributed by atoms with Gasteiger partial charge in [0.15, 0.2) is 0 Å². The maximum absolute atomic E-state index is 12.8. The standard InChI is InChI=1S/C13H15FN4O/c1-19-13-7-6-11(17-18-13)12(16-15)8-9-2-4-10(14)5-3-9/h2-7,12,16H,8,15H2,1H3. The van der Waals surface area contributed by atoms with Crippen LogP contribution < -0.4 is 16.0 Å². The molecule has 1 atom stereocenters. The van der Waals surface area contributed by atoms with Gasteiger partial charge < -0.3 is 4.74 Å². The van der Waals surface area contributed by atoms with Crippen LogP contribution in [0.3, 0.4) is 0 Å². The van der Waals surface area contributed by atoms with Gasteiger partial charge in [0, 0.05) is 6.07 Å². The monoisotopic (exact) mass is 262 g/mol. The van der Waals surface area contributed by atoms with Crippen molar-refractivity contribution in [3.05, 3.63) is 53.5 Å². The zero-order valence-electron chi connectivity index (χ0n) is 10.5. The van der Waals surface area contributed by atoms with Crippen LogP contribution in [0.1, 0.15) is 17.3 Å². The fraction of sp³-hybridized carbons (Fsp3) is 0.231. The molecule has 1 heterocycles. The van der Waals surface area contributed by atoms with Crippen LogP contribution in [0.2, 0.25) is 0 Å². The molecule has 2 rings (SSSR count). The highest BCUT2D eigenvalue weighted by atomic mass is 19.1. The molecule has 0 saturated heterocycles. The summed E-state index contributed by atoms with van der Waals surface area (Å²) < 4.78 is 17.8. The molecular formula is C13H15FN4O. The number of benzene rings is 1. The summed E-state index contributed by atoms with van der Waals surface area (Å²) >= 11 is 0. The van der Waals surface area contributed by atoms with Crippen LogP contribution in [-0.4, -0.2) is 17.3 Å². The number of nitrogens with one attached hydrogen (secondary N) is 1. The third-order valence-corrected chi connectivity index (χ3v) is 2.78. The number of hydrogen-bond acceptors (Lipinski definition) is 5. The molecule has 0 radical (unpaired) electrons. The Morgan fingerprint density at radius 1 is 1.21 bits per heavy atom. The Morgan fingerprint density at radius 2 is 1.95 bits per heavy atom. The lowest BCUT2D eigenvalue weighted by Crippen LogP contribution is -2.30. The maximum atomic E-state index is 12.8. The van der Waals surface area contributed by atoms with Crippen LogP contribution >= 0.6 is 0 Å². The molecule has 2 aromatic rings. The van der Waals surface area contributed by atoms with Gasteiger partial charge in [-0.3, -0.25) is 11.3 Å². The quantitative estimate of drug-likeness (QED) is 0.629. The second kappa shape index (κ2) is 6.21. The van der Waals surface area contributed by atoms with Gasteiger partial charge in [-0.2, -0.15) is 5.10 Å². The van der Waals surface area contributed by atoms with E-state index in [-0.39, 0.29) is 11.9 Å². The molecule has 1 unspecified atom stereocenters. The lowest BCUT2D eigenvalue weighted by atomic mass is 10.0. The molecule has 6 heteroatoms. The van der Waals surface area contributed by atoms with E-state index in [1.54, 1.807) is 24.3 Å². The summed E-state index contributed by atoms with van der Waals surface area (Å²) in [4.78, 5) is 0. The second-order valence-electron chi connectivity index (χ2n) is 4.05. The largest absolute Gasteiger partial charge is 0.480 e.